The van der Waals surface area contributed by atoms with Crippen molar-refractivity contribution in [3.05, 3.63) is 89.7 Å². The zero-order valence-corrected chi connectivity index (χ0v) is 16.3. The number of rotatable bonds is 4. The minimum absolute atomic E-state index is 0. The van der Waals surface area contributed by atoms with Crippen LogP contribution in [0.5, 0.6) is 0 Å². The first-order chi connectivity index (χ1) is 12.6. The molecule has 4 nitrogen and oxygen atoms in total. The van der Waals surface area contributed by atoms with E-state index in [1.54, 1.807) is 0 Å². The Morgan fingerprint density at radius 2 is 1.63 bits per heavy atom. The molecule has 2 heterocycles. The van der Waals surface area contributed by atoms with Gasteiger partial charge in [-0.15, -0.1) is 4.68 Å². The number of cyclic esters (lactones) is 1. The van der Waals surface area contributed by atoms with Crippen LogP contribution in [0.1, 0.15) is 23.1 Å². The van der Waals surface area contributed by atoms with Crippen molar-refractivity contribution in [3.8, 4) is 0 Å². The van der Waals surface area contributed by atoms with E-state index in [0.29, 0.717) is 13.0 Å². The Morgan fingerprint density at radius 1 is 1.07 bits per heavy atom. The molecule has 1 aromatic heterocycles. The summed E-state index contributed by atoms with van der Waals surface area (Å²) in [4.78, 5) is 13.1. The standard InChI is InChI=1S/C22H23N2O2.ClH/c1-17-14-23(2)24(15-17)16-20-13-22(21(25)26-20,18-9-5-3-6-10-18)19-11-7-4-8-12-19;/h3-12,14-15,20H,13,16H2,1-2H3;1H/q+1;/p-1. The lowest BCUT2D eigenvalue weighted by Gasteiger charge is -2.26. The smallest absolute Gasteiger partial charge is 0.321 e. The summed E-state index contributed by atoms with van der Waals surface area (Å²) in [6, 6.07) is 20.0. The fourth-order valence-corrected chi connectivity index (χ4v) is 4.02. The van der Waals surface area contributed by atoms with E-state index in [1.807, 2.05) is 72.4 Å². The second-order valence-corrected chi connectivity index (χ2v) is 7.07. The Morgan fingerprint density at radius 3 is 2.11 bits per heavy atom. The van der Waals surface area contributed by atoms with Gasteiger partial charge in [0, 0.05) is 12.0 Å². The zero-order valence-electron chi connectivity index (χ0n) is 15.5. The number of hydrogen-bond donors (Lipinski definition) is 0. The Balaban J connectivity index is 0.00000210. The molecule has 5 heteroatoms. The van der Waals surface area contributed by atoms with Gasteiger partial charge in [-0.25, -0.2) is 0 Å². The SMILES string of the molecule is Cc1cn(CC2CC(c3ccccc3)(c3ccccc3)C(=O)O2)[n+](C)c1.[Cl-]. The fourth-order valence-electron chi connectivity index (χ4n) is 4.02. The van der Waals surface area contributed by atoms with Crippen molar-refractivity contribution >= 4 is 5.97 Å². The number of aromatic nitrogens is 2. The van der Waals surface area contributed by atoms with Gasteiger partial charge in [-0.3, -0.25) is 4.79 Å². The first-order valence-corrected chi connectivity index (χ1v) is 8.94. The van der Waals surface area contributed by atoms with Gasteiger partial charge in [0.05, 0.1) is 6.20 Å². The molecule has 1 atom stereocenters. The van der Waals surface area contributed by atoms with Gasteiger partial charge in [0.25, 0.3) is 0 Å². The van der Waals surface area contributed by atoms with Crippen LogP contribution < -0.4 is 17.1 Å². The minimum Gasteiger partial charge on any atom is -1.00 e. The van der Waals surface area contributed by atoms with Crippen LogP contribution in [0.2, 0.25) is 0 Å². The highest BCUT2D eigenvalue weighted by Crippen LogP contribution is 2.43. The fraction of sp³-hybridized carbons (Fsp3) is 0.273. The molecule has 3 aromatic rings. The summed E-state index contributed by atoms with van der Waals surface area (Å²) in [5.74, 6) is -0.161. The van der Waals surface area contributed by atoms with Crippen LogP contribution >= 0.6 is 0 Å². The Labute approximate surface area is 165 Å². The van der Waals surface area contributed by atoms with Crippen LogP contribution in [0.25, 0.3) is 0 Å². The van der Waals surface area contributed by atoms with Crippen molar-refractivity contribution in [1.29, 1.82) is 0 Å². The lowest BCUT2D eigenvalue weighted by molar-refractivity contribution is -0.754. The molecule has 1 fully saturated rings. The van der Waals surface area contributed by atoms with Crippen molar-refractivity contribution in [2.75, 3.05) is 0 Å². The maximum atomic E-state index is 13.1. The lowest BCUT2D eigenvalue weighted by atomic mass is 9.72. The number of carbonyl (C=O) groups excluding carboxylic acids is 1. The summed E-state index contributed by atoms with van der Waals surface area (Å²) >= 11 is 0. The molecule has 0 saturated carbocycles. The highest BCUT2D eigenvalue weighted by Gasteiger charge is 2.52. The predicted octanol–water partition coefficient (Wildman–Crippen LogP) is -0.0732. The van der Waals surface area contributed by atoms with Gasteiger partial charge in [0.15, 0.2) is 13.2 Å². The molecular formula is C22H23ClN2O2. The van der Waals surface area contributed by atoms with Crippen LogP contribution in [0.4, 0.5) is 0 Å². The normalized spacial score (nSPS) is 18.0. The van der Waals surface area contributed by atoms with Gasteiger partial charge >= 0.3 is 5.97 Å². The maximum absolute atomic E-state index is 13.1. The van der Waals surface area contributed by atoms with E-state index >= 15 is 0 Å². The number of ether oxygens (including phenoxy) is 1. The third-order valence-electron chi connectivity index (χ3n) is 5.23. The molecule has 1 aliphatic heterocycles. The number of esters is 1. The van der Waals surface area contributed by atoms with E-state index in [2.05, 4.69) is 24.0 Å². The molecule has 0 spiro atoms. The summed E-state index contributed by atoms with van der Waals surface area (Å²) in [7, 11) is 2.01. The maximum Gasteiger partial charge on any atom is 0.321 e. The first-order valence-electron chi connectivity index (χ1n) is 8.94. The number of hydrogen-bond acceptors (Lipinski definition) is 2. The second kappa shape index (κ2) is 7.57. The number of halogens is 1. The van der Waals surface area contributed by atoms with Crippen LogP contribution in [0.15, 0.2) is 73.1 Å². The van der Waals surface area contributed by atoms with Crippen molar-refractivity contribution < 1.29 is 26.6 Å². The van der Waals surface area contributed by atoms with Gasteiger partial charge in [0.2, 0.25) is 0 Å². The van der Waals surface area contributed by atoms with E-state index in [1.165, 1.54) is 5.56 Å². The summed E-state index contributed by atoms with van der Waals surface area (Å²) in [6.07, 6.45) is 4.62. The van der Waals surface area contributed by atoms with E-state index in [9.17, 15) is 4.79 Å². The quantitative estimate of drug-likeness (QED) is 0.467. The van der Waals surface area contributed by atoms with E-state index in [-0.39, 0.29) is 24.5 Å². The molecule has 0 aliphatic carbocycles. The molecule has 1 saturated heterocycles. The van der Waals surface area contributed by atoms with Crippen molar-refractivity contribution in [2.24, 2.45) is 7.05 Å². The predicted molar refractivity (Wildman–Crippen MR) is 98.5 cm³/mol. The van der Waals surface area contributed by atoms with E-state index in [0.717, 1.165) is 11.1 Å². The molecule has 27 heavy (non-hydrogen) atoms. The number of aryl methyl sites for hydroxylation is 2. The molecule has 0 radical (unpaired) electrons. The molecule has 140 valence electrons. The highest BCUT2D eigenvalue weighted by atomic mass is 35.5. The van der Waals surface area contributed by atoms with Crippen molar-refractivity contribution in [3.63, 3.8) is 0 Å². The Bertz CT molecular complexity index is 883. The number of nitrogens with zero attached hydrogens (tertiary/aromatic N) is 2. The second-order valence-electron chi connectivity index (χ2n) is 7.07. The summed E-state index contributed by atoms with van der Waals surface area (Å²) in [6.45, 7) is 2.72. The van der Waals surface area contributed by atoms with Crippen LogP contribution in [-0.4, -0.2) is 16.8 Å². The van der Waals surface area contributed by atoms with Gasteiger partial charge in [-0.1, -0.05) is 60.7 Å². The Hall–Kier alpha value is -2.59. The van der Waals surface area contributed by atoms with Gasteiger partial charge in [0.1, 0.15) is 18.1 Å². The van der Waals surface area contributed by atoms with Crippen LogP contribution in [0.3, 0.4) is 0 Å². The molecule has 0 bridgehead atoms. The molecule has 0 amide bonds. The highest BCUT2D eigenvalue weighted by molar-refractivity contribution is 5.89. The third kappa shape index (κ3) is 3.37. The van der Waals surface area contributed by atoms with Crippen LogP contribution in [-0.2, 0) is 28.5 Å². The molecule has 1 aliphatic rings. The summed E-state index contributed by atoms with van der Waals surface area (Å²) in [5, 5.41) is 0. The van der Waals surface area contributed by atoms with Gasteiger partial charge in [-0.05, 0) is 18.1 Å². The Kier molecular flexibility index (Phi) is 5.38. The van der Waals surface area contributed by atoms with Crippen molar-refractivity contribution in [2.45, 2.75) is 31.4 Å². The van der Waals surface area contributed by atoms with E-state index in [4.69, 9.17) is 4.74 Å². The third-order valence-corrected chi connectivity index (χ3v) is 5.23. The largest absolute Gasteiger partial charge is 1.00 e. The minimum atomic E-state index is -0.742. The monoisotopic (exact) mass is 382 g/mol. The van der Waals surface area contributed by atoms with Crippen LogP contribution in [0, 0.1) is 6.92 Å². The summed E-state index contributed by atoms with van der Waals surface area (Å²) < 4.78 is 10.0. The molecule has 0 N–H and O–H groups in total. The molecule has 2 aromatic carbocycles. The topological polar surface area (TPSA) is 35.1 Å². The van der Waals surface area contributed by atoms with Crippen molar-refractivity contribution in [1.82, 2.24) is 4.68 Å². The van der Waals surface area contributed by atoms with E-state index < -0.39 is 5.41 Å². The zero-order chi connectivity index (χ0) is 18.1. The first kappa shape index (κ1) is 19.2. The molecular weight excluding hydrogens is 360 g/mol. The molecule has 1 unspecified atom stereocenters. The average molecular weight is 383 g/mol. The summed E-state index contributed by atoms with van der Waals surface area (Å²) in [5.41, 5.74) is 2.43. The average Bonchev–Trinajstić information content (AvgIpc) is 3.15. The van der Waals surface area contributed by atoms with Gasteiger partial charge in [-0.2, -0.15) is 4.68 Å². The number of carbonyl (C=O) groups is 1. The lowest BCUT2D eigenvalue weighted by Crippen LogP contribution is -3.00. The molecule has 4 rings (SSSR count). The van der Waals surface area contributed by atoms with Gasteiger partial charge < -0.3 is 17.1 Å². The number of benzene rings is 2.